The Labute approximate surface area is 172 Å². The fourth-order valence-electron chi connectivity index (χ4n) is 3.47. The van der Waals surface area contributed by atoms with E-state index in [1.165, 1.54) is 0 Å². The summed E-state index contributed by atoms with van der Waals surface area (Å²) in [6.07, 6.45) is 2.49. The predicted molar refractivity (Wildman–Crippen MR) is 107 cm³/mol. The van der Waals surface area contributed by atoms with E-state index in [1.807, 2.05) is 0 Å². The summed E-state index contributed by atoms with van der Waals surface area (Å²) in [7, 11) is 0. The van der Waals surface area contributed by atoms with Crippen molar-refractivity contribution in [3.63, 3.8) is 0 Å². The monoisotopic (exact) mass is 416 g/mol. The molecule has 1 aromatic carbocycles. The van der Waals surface area contributed by atoms with Gasteiger partial charge in [-0.3, -0.25) is 9.59 Å². The van der Waals surface area contributed by atoms with E-state index in [4.69, 9.17) is 14.3 Å². The lowest BCUT2D eigenvalue weighted by Crippen LogP contribution is -2.48. The van der Waals surface area contributed by atoms with E-state index in [0.717, 1.165) is 35.8 Å². The third-order valence-electron chi connectivity index (χ3n) is 5.01. The van der Waals surface area contributed by atoms with Crippen molar-refractivity contribution < 1.29 is 28.6 Å². The summed E-state index contributed by atoms with van der Waals surface area (Å²) in [4.78, 5) is 46.9. The third-order valence-corrected chi connectivity index (χ3v) is 5.01. The maximum Gasteiger partial charge on any atom is 0.339 e. The summed E-state index contributed by atoms with van der Waals surface area (Å²) in [5.74, 6) is -2.22. The van der Waals surface area contributed by atoms with Crippen molar-refractivity contribution in [3.8, 4) is 5.75 Å². The topological polar surface area (TPSA) is 135 Å². The summed E-state index contributed by atoms with van der Waals surface area (Å²) < 4.78 is 10.8. The number of carboxylic acid groups (broad SMARTS) is 1. The lowest BCUT2D eigenvalue weighted by molar-refractivity contribution is -0.143. The molecule has 0 radical (unpaired) electrons. The second-order valence-electron chi connectivity index (χ2n) is 7.55. The van der Waals surface area contributed by atoms with Crippen LogP contribution in [-0.2, 0) is 27.2 Å². The van der Waals surface area contributed by atoms with Crippen LogP contribution in [0.2, 0.25) is 0 Å². The zero-order valence-corrected chi connectivity index (χ0v) is 16.8. The lowest BCUT2D eigenvalue weighted by atomic mass is 10.1. The van der Waals surface area contributed by atoms with Crippen LogP contribution in [0.1, 0.15) is 31.4 Å². The molecule has 1 heterocycles. The Kier molecular flexibility index (Phi) is 6.39. The number of carboxylic acids is 1. The molecule has 2 aromatic rings. The van der Waals surface area contributed by atoms with Gasteiger partial charge in [0.15, 0.2) is 6.61 Å². The first-order chi connectivity index (χ1) is 14.3. The lowest BCUT2D eigenvalue weighted by Gasteiger charge is -2.18. The van der Waals surface area contributed by atoms with Gasteiger partial charge in [-0.05, 0) is 42.9 Å². The van der Waals surface area contributed by atoms with Gasteiger partial charge in [-0.1, -0.05) is 13.8 Å². The molecule has 0 fully saturated rings. The number of carbonyl (C=O) groups is 3. The van der Waals surface area contributed by atoms with Gasteiger partial charge in [-0.2, -0.15) is 0 Å². The first-order valence-corrected chi connectivity index (χ1v) is 9.76. The van der Waals surface area contributed by atoms with Crippen LogP contribution in [-0.4, -0.2) is 42.1 Å². The third kappa shape index (κ3) is 4.79. The highest BCUT2D eigenvalue weighted by atomic mass is 16.5. The number of fused-ring (bicyclic) bond motifs is 3. The molecule has 1 atom stereocenters. The van der Waals surface area contributed by atoms with E-state index in [2.05, 4.69) is 10.6 Å². The molecule has 2 amide bonds. The van der Waals surface area contributed by atoms with Crippen LogP contribution >= 0.6 is 0 Å². The fraction of sp³-hybridized carbons (Fsp3) is 0.429. The minimum absolute atomic E-state index is 0.292. The van der Waals surface area contributed by atoms with E-state index in [1.54, 1.807) is 32.0 Å². The number of aliphatic carboxylic acids is 1. The average molecular weight is 416 g/mol. The molecule has 0 aliphatic heterocycles. The van der Waals surface area contributed by atoms with Crippen molar-refractivity contribution in [1.82, 2.24) is 10.6 Å². The summed E-state index contributed by atoms with van der Waals surface area (Å²) in [6.45, 7) is 2.63. The van der Waals surface area contributed by atoms with Gasteiger partial charge < -0.3 is 24.9 Å². The van der Waals surface area contributed by atoms with E-state index >= 15 is 0 Å². The Balaban J connectivity index is 1.54. The largest absolute Gasteiger partial charge is 0.484 e. The fourth-order valence-corrected chi connectivity index (χ4v) is 3.47. The molecular weight excluding hydrogens is 392 g/mol. The van der Waals surface area contributed by atoms with Crippen molar-refractivity contribution in [3.05, 3.63) is 39.7 Å². The predicted octanol–water partition coefficient (Wildman–Crippen LogP) is 1.00. The molecule has 9 nitrogen and oxygen atoms in total. The maximum atomic E-state index is 12.1. The van der Waals surface area contributed by atoms with Crippen molar-refractivity contribution in [1.29, 1.82) is 0 Å². The van der Waals surface area contributed by atoms with Gasteiger partial charge in [0.2, 0.25) is 5.91 Å². The highest BCUT2D eigenvalue weighted by molar-refractivity contribution is 5.88. The molecule has 3 rings (SSSR count). The van der Waals surface area contributed by atoms with Crippen molar-refractivity contribution in [2.45, 2.75) is 39.2 Å². The molecule has 0 saturated heterocycles. The molecule has 160 valence electrons. The Morgan fingerprint density at radius 1 is 1.17 bits per heavy atom. The number of benzene rings is 1. The Morgan fingerprint density at radius 3 is 2.60 bits per heavy atom. The van der Waals surface area contributed by atoms with Crippen LogP contribution in [0.5, 0.6) is 5.75 Å². The molecule has 1 aliphatic rings. The van der Waals surface area contributed by atoms with Gasteiger partial charge in [-0.25, -0.2) is 9.59 Å². The van der Waals surface area contributed by atoms with Gasteiger partial charge in [0.05, 0.1) is 6.54 Å². The van der Waals surface area contributed by atoms with Crippen LogP contribution in [0.25, 0.3) is 11.0 Å². The van der Waals surface area contributed by atoms with Crippen molar-refractivity contribution >= 4 is 28.8 Å². The average Bonchev–Trinajstić information content (AvgIpc) is 3.19. The quantitative estimate of drug-likeness (QED) is 0.547. The maximum absolute atomic E-state index is 12.1. The molecular formula is C21H24N2O7. The second-order valence-corrected chi connectivity index (χ2v) is 7.55. The van der Waals surface area contributed by atoms with Gasteiger partial charge in [-0.15, -0.1) is 0 Å². The highest BCUT2D eigenvalue weighted by Gasteiger charge is 2.23. The zero-order chi connectivity index (χ0) is 21.8. The second kappa shape index (κ2) is 8.98. The molecule has 30 heavy (non-hydrogen) atoms. The van der Waals surface area contributed by atoms with Gasteiger partial charge >= 0.3 is 11.6 Å². The van der Waals surface area contributed by atoms with Gasteiger partial charge in [0.1, 0.15) is 17.4 Å². The number of nitrogens with one attached hydrogen (secondary N) is 2. The highest BCUT2D eigenvalue weighted by Crippen LogP contribution is 2.29. The zero-order valence-electron chi connectivity index (χ0n) is 16.8. The van der Waals surface area contributed by atoms with E-state index in [-0.39, 0.29) is 24.7 Å². The normalized spacial score (nSPS) is 13.7. The van der Waals surface area contributed by atoms with E-state index in [0.29, 0.717) is 11.3 Å². The molecule has 1 unspecified atom stereocenters. The molecule has 0 spiro atoms. The van der Waals surface area contributed by atoms with Crippen LogP contribution < -0.4 is 21.0 Å². The SMILES string of the molecule is CC(C)C(NC(=O)CNC(=O)COc1ccc2c3c(c(=O)oc2c1)CCC3)C(=O)O. The molecule has 1 aliphatic carbocycles. The minimum atomic E-state index is -1.14. The number of hydrogen-bond donors (Lipinski definition) is 3. The van der Waals surface area contributed by atoms with Crippen molar-refractivity contribution in [2.75, 3.05) is 13.2 Å². The summed E-state index contributed by atoms with van der Waals surface area (Å²) in [5.41, 5.74) is 1.82. The number of aryl methyl sites for hydroxylation is 1. The van der Waals surface area contributed by atoms with Crippen LogP contribution in [0.15, 0.2) is 27.4 Å². The van der Waals surface area contributed by atoms with E-state index in [9.17, 15) is 19.2 Å². The Hall–Kier alpha value is -3.36. The molecule has 3 N–H and O–H groups in total. The summed E-state index contributed by atoms with van der Waals surface area (Å²) >= 11 is 0. The standard InChI is InChI=1S/C21H24N2O7/c1-11(2)19(20(26)27)23-17(24)9-22-18(25)10-29-12-6-7-14-13-4-3-5-15(13)21(28)30-16(14)8-12/h6-8,11,19H,3-5,9-10H2,1-2H3,(H,22,25)(H,23,24)(H,26,27). The molecule has 0 bridgehead atoms. The van der Waals surface area contributed by atoms with Gasteiger partial charge in [0, 0.05) is 17.0 Å². The van der Waals surface area contributed by atoms with Crippen LogP contribution in [0.3, 0.4) is 0 Å². The van der Waals surface area contributed by atoms with Crippen LogP contribution in [0.4, 0.5) is 0 Å². The van der Waals surface area contributed by atoms with Crippen molar-refractivity contribution in [2.24, 2.45) is 5.92 Å². The Morgan fingerprint density at radius 2 is 1.90 bits per heavy atom. The van der Waals surface area contributed by atoms with Crippen LogP contribution in [0, 0.1) is 5.92 Å². The molecule has 9 heteroatoms. The number of ether oxygens (including phenoxy) is 1. The number of carbonyl (C=O) groups excluding carboxylic acids is 2. The Bertz CT molecular complexity index is 1040. The summed E-state index contributed by atoms with van der Waals surface area (Å²) in [6, 6.07) is 4.04. The molecule has 0 saturated carbocycles. The number of rotatable bonds is 8. The molecule has 1 aromatic heterocycles. The number of hydrogen-bond acceptors (Lipinski definition) is 6. The van der Waals surface area contributed by atoms with Gasteiger partial charge in [0.25, 0.3) is 5.91 Å². The minimum Gasteiger partial charge on any atom is -0.484 e. The first-order valence-electron chi connectivity index (χ1n) is 9.76. The first kappa shape index (κ1) is 21.4. The number of amides is 2. The van der Waals surface area contributed by atoms with E-state index < -0.39 is 23.8 Å². The summed E-state index contributed by atoms with van der Waals surface area (Å²) in [5, 5.41) is 14.7. The smallest absolute Gasteiger partial charge is 0.339 e.